The first kappa shape index (κ1) is 14.5. The van der Waals surface area contributed by atoms with Crippen molar-refractivity contribution in [2.75, 3.05) is 32.1 Å². The van der Waals surface area contributed by atoms with Gasteiger partial charge in [0, 0.05) is 23.6 Å². The summed E-state index contributed by atoms with van der Waals surface area (Å²) in [6, 6.07) is 10.0. The summed E-state index contributed by atoms with van der Waals surface area (Å²) in [6.45, 7) is 1.85. The molecule has 1 aromatic heterocycles. The molecular formula is C14H16BrNO2S. The lowest BCUT2D eigenvalue weighted by Gasteiger charge is -2.15. The van der Waals surface area contributed by atoms with Crippen LogP contribution in [-0.4, -0.2) is 42.9 Å². The number of carbonyl (C=O) groups excluding carboxylic acids is 1. The summed E-state index contributed by atoms with van der Waals surface area (Å²) in [5, 5.41) is 1.95. The molecule has 0 radical (unpaired) electrons. The van der Waals surface area contributed by atoms with E-state index in [-0.39, 0.29) is 5.91 Å². The van der Waals surface area contributed by atoms with Crippen molar-refractivity contribution in [3.63, 3.8) is 0 Å². The SMILES string of the molecule is CN(CCOCCBr)C(=O)c1cc2ccccc2s1. The van der Waals surface area contributed by atoms with Crippen LogP contribution in [0.1, 0.15) is 9.67 Å². The van der Waals surface area contributed by atoms with Crippen LogP contribution in [0, 0.1) is 0 Å². The average molecular weight is 342 g/mol. The number of likely N-dealkylation sites (N-methyl/N-ethyl adjacent to an activating group) is 1. The standard InChI is InChI=1S/C14H16BrNO2S/c1-16(7-9-18-8-6-15)14(17)13-10-11-4-2-3-5-12(11)19-13/h2-5,10H,6-9H2,1H3. The lowest BCUT2D eigenvalue weighted by Crippen LogP contribution is -2.29. The average Bonchev–Trinajstić information content (AvgIpc) is 2.86. The maximum absolute atomic E-state index is 12.2. The van der Waals surface area contributed by atoms with E-state index in [9.17, 15) is 4.79 Å². The van der Waals surface area contributed by atoms with Crippen LogP contribution in [0.4, 0.5) is 0 Å². The number of fused-ring (bicyclic) bond motifs is 1. The largest absolute Gasteiger partial charge is 0.379 e. The fourth-order valence-electron chi connectivity index (χ4n) is 1.74. The van der Waals surface area contributed by atoms with E-state index in [2.05, 4.69) is 15.9 Å². The first-order valence-electron chi connectivity index (χ1n) is 6.10. The van der Waals surface area contributed by atoms with Gasteiger partial charge in [0.25, 0.3) is 5.91 Å². The highest BCUT2D eigenvalue weighted by atomic mass is 79.9. The number of benzene rings is 1. The van der Waals surface area contributed by atoms with Crippen LogP contribution in [0.25, 0.3) is 10.1 Å². The third kappa shape index (κ3) is 3.78. The zero-order valence-electron chi connectivity index (χ0n) is 10.8. The molecule has 19 heavy (non-hydrogen) atoms. The van der Waals surface area contributed by atoms with Gasteiger partial charge < -0.3 is 9.64 Å². The second-order valence-corrected chi connectivity index (χ2v) is 6.05. The summed E-state index contributed by atoms with van der Waals surface area (Å²) >= 11 is 4.84. The summed E-state index contributed by atoms with van der Waals surface area (Å²) < 4.78 is 6.51. The summed E-state index contributed by atoms with van der Waals surface area (Å²) in [7, 11) is 1.81. The number of carbonyl (C=O) groups is 1. The minimum absolute atomic E-state index is 0.0589. The first-order chi connectivity index (χ1) is 9.22. The summed E-state index contributed by atoms with van der Waals surface area (Å²) in [5.41, 5.74) is 0. The van der Waals surface area contributed by atoms with Gasteiger partial charge in [-0.25, -0.2) is 0 Å². The molecule has 102 valence electrons. The first-order valence-corrected chi connectivity index (χ1v) is 8.04. The molecular weight excluding hydrogens is 326 g/mol. The van der Waals surface area contributed by atoms with Crippen molar-refractivity contribution in [2.45, 2.75) is 0 Å². The Morgan fingerprint density at radius 3 is 2.89 bits per heavy atom. The Labute approximate surface area is 125 Å². The number of halogens is 1. The second-order valence-electron chi connectivity index (χ2n) is 4.18. The Morgan fingerprint density at radius 1 is 1.37 bits per heavy atom. The maximum Gasteiger partial charge on any atom is 0.263 e. The minimum Gasteiger partial charge on any atom is -0.379 e. The molecule has 0 N–H and O–H groups in total. The highest BCUT2D eigenvalue weighted by Crippen LogP contribution is 2.25. The fraction of sp³-hybridized carbons (Fsp3) is 0.357. The summed E-state index contributed by atoms with van der Waals surface area (Å²) in [4.78, 5) is 14.7. The molecule has 0 bridgehead atoms. The quantitative estimate of drug-likeness (QED) is 0.595. The number of amides is 1. The van der Waals surface area contributed by atoms with Gasteiger partial charge in [0.15, 0.2) is 0 Å². The molecule has 2 aromatic rings. The molecule has 0 saturated heterocycles. The molecule has 0 aliphatic carbocycles. The van der Waals surface area contributed by atoms with Crippen molar-refractivity contribution in [3.05, 3.63) is 35.2 Å². The second kappa shape index (κ2) is 7.03. The van der Waals surface area contributed by atoms with Crippen LogP contribution in [0.15, 0.2) is 30.3 Å². The van der Waals surface area contributed by atoms with E-state index in [1.54, 1.807) is 4.90 Å². The molecule has 0 aliphatic rings. The fourth-order valence-corrected chi connectivity index (χ4v) is 3.02. The summed E-state index contributed by atoms with van der Waals surface area (Å²) in [5.74, 6) is 0.0589. The van der Waals surface area contributed by atoms with Gasteiger partial charge in [-0.15, -0.1) is 11.3 Å². The highest BCUT2D eigenvalue weighted by Gasteiger charge is 2.14. The van der Waals surface area contributed by atoms with Crippen molar-refractivity contribution in [1.29, 1.82) is 0 Å². The van der Waals surface area contributed by atoms with E-state index in [4.69, 9.17) is 4.74 Å². The highest BCUT2D eigenvalue weighted by molar-refractivity contribution is 9.09. The monoisotopic (exact) mass is 341 g/mol. The van der Waals surface area contributed by atoms with Gasteiger partial charge in [-0.3, -0.25) is 4.79 Å². The number of nitrogens with zero attached hydrogens (tertiary/aromatic N) is 1. The molecule has 0 fully saturated rings. The van der Waals surface area contributed by atoms with E-state index >= 15 is 0 Å². The molecule has 1 aromatic carbocycles. The van der Waals surface area contributed by atoms with Crippen LogP contribution >= 0.6 is 27.3 Å². The van der Waals surface area contributed by atoms with Crippen molar-refractivity contribution in [2.24, 2.45) is 0 Å². The van der Waals surface area contributed by atoms with Gasteiger partial charge in [0.2, 0.25) is 0 Å². The van der Waals surface area contributed by atoms with Gasteiger partial charge in [0.05, 0.1) is 18.1 Å². The normalized spacial score (nSPS) is 10.8. The van der Waals surface area contributed by atoms with Crippen LogP contribution in [-0.2, 0) is 4.74 Å². The van der Waals surface area contributed by atoms with Gasteiger partial charge in [-0.1, -0.05) is 34.1 Å². The van der Waals surface area contributed by atoms with Crippen LogP contribution in [0.3, 0.4) is 0 Å². The lowest BCUT2D eigenvalue weighted by atomic mass is 10.2. The van der Waals surface area contributed by atoms with Crippen molar-refractivity contribution in [3.8, 4) is 0 Å². The van der Waals surface area contributed by atoms with Crippen LogP contribution in [0.5, 0.6) is 0 Å². The van der Waals surface area contributed by atoms with Crippen molar-refractivity contribution < 1.29 is 9.53 Å². The van der Waals surface area contributed by atoms with E-state index < -0.39 is 0 Å². The number of ether oxygens (including phenoxy) is 1. The molecule has 5 heteroatoms. The molecule has 1 amide bonds. The Hall–Kier alpha value is -0.910. The molecule has 0 saturated carbocycles. The van der Waals surface area contributed by atoms with E-state index in [0.29, 0.717) is 19.8 Å². The number of alkyl halides is 1. The molecule has 3 nitrogen and oxygen atoms in total. The van der Waals surface area contributed by atoms with E-state index in [1.165, 1.54) is 11.3 Å². The Morgan fingerprint density at radius 2 is 2.16 bits per heavy atom. The zero-order chi connectivity index (χ0) is 13.7. The number of hydrogen-bond acceptors (Lipinski definition) is 3. The Kier molecular flexibility index (Phi) is 5.36. The third-order valence-corrected chi connectivity index (χ3v) is 4.20. The predicted molar refractivity (Wildman–Crippen MR) is 83.4 cm³/mol. The van der Waals surface area contributed by atoms with Crippen LogP contribution in [0.2, 0.25) is 0 Å². The topological polar surface area (TPSA) is 29.5 Å². The number of hydrogen-bond donors (Lipinski definition) is 0. The smallest absolute Gasteiger partial charge is 0.263 e. The maximum atomic E-state index is 12.2. The molecule has 1 heterocycles. The molecule has 0 unspecified atom stereocenters. The van der Waals surface area contributed by atoms with Gasteiger partial charge >= 0.3 is 0 Å². The van der Waals surface area contributed by atoms with Crippen LogP contribution < -0.4 is 0 Å². The van der Waals surface area contributed by atoms with Crippen molar-refractivity contribution in [1.82, 2.24) is 4.90 Å². The molecule has 0 spiro atoms. The predicted octanol–water partition coefficient (Wildman–Crippen LogP) is 3.38. The Balaban J connectivity index is 1.98. The van der Waals surface area contributed by atoms with Gasteiger partial charge in [-0.05, 0) is 17.5 Å². The number of rotatable bonds is 6. The van der Waals surface area contributed by atoms with E-state index in [1.807, 2.05) is 37.4 Å². The lowest BCUT2D eigenvalue weighted by molar-refractivity contribution is 0.0717. The molecule has 0 atom stereocenters. The van der Waals surface area contributed by atoms with Gasteiger partial charge in [-0.2, -0.15) is 0 Å². The van der Waals surface area contributed by atoms with E-state index in [0.717, 1.165) is 20.3 Å². The zero-order valence-corrected chi connectivity index (χ0v) is 13.2. The molecule has 0 aliphatic heterocycles. The minimum atomic E-state index is 0.0589. The van der Waals surface area contributed by atoms with Crippen molar-refractivity contribution >= 4 is 43.3 Å². The summed E-state index contributed by atoms with van der Waals surface area (Å²) in [6.07, 6.45) is 0. The molecule has 2 rings (SSSR count). The third-order valence-electron chi connectivity index (χ3n) is 2.78. The number of thiophene rings is 1. The van der Waals surface area contributed by atoms with Gasteiger partial charge in [0.1, 0.15) is 0 Å². The Bertz CT molecular complexity index is 522.